The van der Waals surface area contributed by atoms with Gasteiger partial charge in [0, 0.05) is 28.1 Å². The topological polar surface area (TPSA) is 17.0 Å². The number of fused-ring (bicyclic) bond motifs is 8. The number of nitrogens with one attached hydrogen (secondary N) is 1. The molecule has 0 saturated carbocycles. The minimum absolute atomic E-state index is 0.352. The molecule has 1 aliphatic carbocycles. The van der Waals surface area contributed by atoms with Gasteiger partial charge in [0.2, 0.25) is 0 Å². The van der Waals surface area contributed by atoms with Crippen LogP contribution in [0.2, 0.25) is 0 Å². The lowest BCUT2D eigenvalue weighted by Crippen LogP contribution is -2.17. The predicted molar refractivity (Wildman–Crippen MR) is 127 cm³/mol. The van der Waals surface area contributed by atoms with Crippen LogP contribution in [0.1, 0.15) is 11.5 Å². The Bertz CT molecular complexity index is 1520. The predicted octanol–water partition coefficient (Wildman–Crippen LogP) is 6.94. The Labute approximate surface area is 174 Å². The van der Waals surface area contributed by atoms with Crippen LogP contribution in [0, 0.1) is 0 Å². The summed E-state index contributed by atoms with van der Waals surface area (Å²) in [5.41, 5.74) is 6.36. The molecule has 2 unspecified atom stereocenters. The number of anilines is 1. The van der Waals surface area contributed by atoms with Crippen molar-refractivity contribution in [2.45, 2.75) is 12.0 Å². The van der Waals surface area contributed by atoms with Gasteiger partial charge in [0.15, 0.2) is 0 Å². The van der Waals surface area contributed by atoms with E-state index in [4.69, 9.17) is 0 Å². The zero-order valence-electron chi connectivity index (χ0n) is 16.4. The highest BCUT2D eigenvalue weighted by Gasteiger charge is 2.31. The molecular weight excluding hydrogens is 364 g/mol. The molecule has 0 bridgehead atoms. The van der Waals surface area contributed by atoms with Crippen molar-refractivity contribution in [3.63, 3.8) is 0 Å². The molecule has 4 aromatic carbocycles. The van der Waals surface area contributed by atoms with Crippen molar-refractivity contribution in [1.29, 1.82) is 0 Å². The molecule has 2 atom stereocenters. The van der Waals surface area contributed by atoms with Gasteiger partial charge in [-0.3, -0.25) is 0 Å². The average molecular weight is 384 g/mol. The maximum absolute atomic E-state index is 3.74. The lowest BCUT2D eigenvalue weighted by atomic mass is 9.90. The van der Waals surface area contributed by atoms with E-state index in [1.54, 1.807) is 0 Å². The largest absolute Gasteiger partial charge is 0.378 e. The highest BCUT2D eigenvalue weighted by molar-refractivity contribution is 6.22. The summed E-state index contributed by atoms with van der Waals surface area (Å²) in [7, 11) is 0. The molecule has 2 nitrogen and oxygen atoms in total. The van der Waals surface area contributed by atoms with E-state index in [1.807, 2.05) is 0 Å². The van der Waals surface area contributed by atoms with Gasteiger partial charge in [0.25, 0.3) is 0 Å². The Morgan fingerprint density at radius 2 is 1.53 bits per heavy atom. The van der Waals surface area contributed by atoms with Gasteiger partial charge in [-0.25, -0.2) is 0 Å². The third-order valence-corrected chi connectivity index (χ3v) is 6.66. The van der Waals surface area contributed by atoms with Crippen LogP contribution >= 0.6 is 0 Å². The summed E-state index contributed by atoms with van der Waals surface area (Å²) >= 11 is 0. The van der Waals surface area contributed by atoms with E-state index < -0.39 is 0 Å². The van der Waals surface area contributed by atoms with Crippen molar-refractivity contribution in [3.05, 3.63) is 109 Å². The minimum Gasteiger partial charge on any atom is -0.378 e. The first kappa shape index (κ1) is 16.1. The maximum Gasteiger partial charge on any atom is 0.0562 e. The van der Waals surface area contributed by atoms with Gasteiger partial charge < -0.3 is 9.88 Å². The molecule has 0 fully saturated rings. The molecule has 2 aliphatic rings. The van der Waals surface area contributed by atoms with Crippen LogP contribution in [0.15, 0.2) is 103 Å². The number of allylic oxidation sites excluding steroid dienone is 2. The Balaban J connectivity index is 1.66. The van der Waals surface area contributed by atoms with Crippen LogP contribution in [0.3, 0.4) is 0 Å². The van der Waals surface area contributed by atoms with E-state index in [9.17, 15) is 0 Å². The summed E-state index contributed by atoms with van der Waals surface area (Å²) in [5, 5.41) is 9.01. The van der Waals surface area contributed by atoms with E-state index in [2.05, 4.69) is 113 Å². The first-order valence-electron chi connectivity index (χ1n) is 10.6. The molecule has 2 heterocycles. The second kappa shape index (κ2) is 5.87. The van der Waals surface area contributed by atoms with Crippen LogP contribution in [0.4, 0.5) is 5.69 Å². The molecule has 30 heavy (non-hydrogen) atoms. The molecule has 0 amide bonds. The van der Waals surface area contributed by atoms with E-state index in [-0.39, 0.29) is 0 Å². The third kappa shape index (κ3) is 2.08. The number of hydrogen-bond acceptors (Lipinski definition) is 1. The zero-order chi connectivity index (χ0) is 19.7. The fourth-order valence-corrected chi connectivity index (χ4v) is 5.33. The Hall–Kier alpha value is -3.78. The molecule has 1 aromatic heterocycles. The summed E-state index contributed by atoms with van der Waals surface area (Å²) in [5.74, 6) is 0.402. The Morgan fingerprint density at radius 3 is 2.47 bits per heavy atom. The number of aromatic nitrogens is 1. The Morgan fingerprint density at radius 1 is 0.700 bits per heavy atom. The molecule has 0 spiro atoms. The first-order valence-corrected chi connectivity index (χ1v) is 10.6. The number of rotatable bonds is 1. The monoisotopic (exact) mass is 384 g/mol. The molecule has 1 aliphatic heterocycles. The molecule has 5 aromatic rings. The fourth-order valence-electron chi connectivity index (χ4n) is 5.33. The van der Waals surface area contributed by atoms with Gasteiger partial charge in [-0.15, -0.1) is 0 Å². The first-order chi connectivity index (χ1) is 14.9. The van der Waals surface area contributed by atoms with Crippen LogP contribution in [-0.4, -0.2) is 10.6 Å². The van der Waals surface area contributed by atoms with Gasteiger partial charge >= 0.3 is 0 Å². The molecule has 7 rings (SSSR count). The van der Waals surface area contributed by atoms with Crippen molar-refractivity contribution in [1.82, 2.24) is 4.57 Å². The zero-order valence-corrected chi connectivity index (χ0v) is 16.4. The SMILES string of the molecule is C1=CC2Nc3cc4c(cc3C2C=C1)c1c2ccccc2ccc1n4-c1ccccc1. The minimum atomic E-state index is 0.352. The summed E-state index contributed by atoms with van der Waals surface area (Å²) in [6.07, 6.45) is 8.91. The molecular formula is C28H20N2. The van der Waals surface area contributed by atoms with Gasteiger partial charge in [-0.1, -0.05) is 72.8 Å². The van der Waals surface area contributed by atoms with Crippen LogP contribution in [-0.2, 0) is 0 Å². The number of nitrogens with zero attached hydrogens (tertiary/aromatic N) is 1. The normalized spacial score (nSPS) is 19.3. The average Bonchev–Trinajstić information content (AvgIpc) is 3.33. The molecule has 0 radical (unpaired) electrons. The maximum atomic E-state index is 3.74. The number of benzene rings is 4. The molecule has 1 N–H and O–H groups in total. The molecule has 142 valence electrons. The highest BCUT2D eigenvalue weighted by atomic mass is 15.0. The molecule has 0 saturated heterocycles. The highest BCUT2D eigenvalue weighted by Crippen LogP contribution is 2.45. The van der Waals surface area contributed by atoms with Gasteiger partial charge in [0.05, 0.1) is 17.1 Å². The number of hydrogen-bond donors (Lipinski definition) is 1. The van der Waals surface area contributed by atoms with Gasteiger partial charge in [0.1, 0.15) is 0 Å². The van der Waals surface area contributed by atoms with Crippen LogP contribution in [0.5, 0.6) is 0 Å². The summed E-state index contributed by atoms with van der Waals surface area (Å²) in [6.45, 7) is 0. The van der Waals surface area contributed by atoms with Crippen molar-refractivity contribution >= 4 is 38.3 Å². The lowest BCUT2D eigenvalue weighted by molar-refractivity contribution is 0.806. The molecule has 2 heteroatoms. The van der Waals surface area contributed by atoms with Gasteiger partial charge in [-0.2, -0.15) is 0 Å². The van der Waals surface area contributed by atoms with E-state index >= 15 is 0 Å². The van der Waals surface area contributed by atoms with E-state index in [0.29, 0.717) is 12.0 Å². The van der Waals surface area contributed by atoms with Crippen molar-refractivity contribution < 1.29 is 0 Å². The smallest absolute Gasteiger partial charge is 0.0562 e. The Kier molecular flexibility index (Phi) is 3.14. The standard InChI is InChI=1S/C28H20N2/c1-2-9-19(10-3-1)30-26-15-14-18-8-4-5-11-20(18)28(26)23-16-22-21-12-6-7-13-24(21)29-25(22)17-27(23)30/h1-17,21,24,29H. The lowest BCUT2D eigenvalue weighted by Gasteiger charge is -2.15. The summed E-state index contributed by atoms with van der Waals surface area (Å²) in [4.78, 5) is 0. The second-order valence-electron chi connectivity index (χ2n) is 8.27. The number of para-hydroxylation sites is 1. The van der Waals surface area contributed by atoms with Gasteiger partial charge in [-0.05, 0) is 46.7 Å². The second-order valence-corrected chi connectivity index (χ2v) is 8.27. The van der Waals surface area contributed by atoms with E-state index in [0.717, 1.165) is 0 Å². The quantitative estimate of drug-likeness (QED) is 0.331. The summed E-state index contributed by atoms with van der Waals surface area (Å²) < 4.78 is 2.41. The van der Waals surface area contributed by atoms with E-state index in [1.165, 1.54) is 49.5 Å². The van der Waals surface area contributed by atoms with Crippen molar-refractivity contribution in [2.75, 3.05) is 5.32 Å². The third-order valence-electron chi connectivity index (χ3n) is 6.66. The van der Waals surface area contributed by atoms with Crippen LogP contribution in [0.25, 0.3) is 38.3 Å². The van der Waals surface area contributed by atoms with Crippen LogP contribution < -0.4 is 5.32 Å². The fraction of sp³-hybridized carbons (Fsp3) is 0.0714. The summed E-state index contributed by atoms with van der Waals surface area (Å²) in [6, 6.07) is 29.1. The van der Waals surface area contributed by atoms with Crippen molar-refractivity contribution in [3.8, 4) is 5.69 Å². The van der Waals surface area contributed by atoms with Crippen molar-refractivity contribution in [2.24, 2.45) is 0 Å².